The maximum absolute atomic E-state index is 14.1. The Kier molecular flexibility index (Phi) is 11.5. The normalized spacial score (nSPS) is 24.8. The van der Waals surface area contributed by atoms with Crippen molar-refractivity contribution in [2.45, 2.75) is 76.7 Å². The minimum Gasteiger partial charge on any atom is -0.479 e. The molecule has 9 heteroatoms. The molecule has 0 spiro atoms. The molecule has 1 amide bonds. The summed E-state index contributed by atoms with van der Waals surface area (Å²) in [5.74, 6) is 1.20. The van der Waals surface area contributed by atoms with E-state index in [1.165, 1.54) is 6.07 Å². The van der Waals surface area contributed by atoms with Crippen LogP contribution < -0.4 is 20.3 Å². The fourth-order valence-electron chi connectivity index (χ4n) is 6.63. The van der Waals surface area contributed by atoms with E-state index in [4.69, 9.17) is 18.9 Å². The summed E-state index contributed by atoms with van der Waals surface area (Å²) < 4.78 is 37.7. The lowest BCUT2D eigenvalue weighted by Gasteiger charge is -2.43. The number of amides is 1. The van der Waals surface area contributed by atoms with Gasteiger partial charge in [-0.25, -0.2) is 4.39 Å². The van der Waals surface area contributed by atoms with Crippen molar-refractivity contribution in [1.29, 1.82) is 0 Å². The summed E-state index contributed by atoms with van der Waals surface area (Å²) in [5.41, 5.74) is 2.27. The third-order valence-corrected chi connectivity index (χ3v) is 9.35. The Morgan fingerprint density at radius 1 is 1.18 bits per heavy atom. The number of benzene rings is 2. The summed E-state index contributed by atoms with van der Waals surface area (Å²) in [6.45, 7) is 9.79. The first-order chi connectivity index (χ1) is 21.3. The summed E-state index contributed by atoms with van der Waals surface area (Å²) in [4.78, 5) is 15.0. The number of hydrogen-bond acceptors (Lipinski definition) is 7. The van der Waals surface area contributed by atoms with Crippen LogP contribution in [0.3, 0.4) is 0 Å². The Morgan fingerprint density at radius 3 is 2.77 bits per heavy atom. The van der Waals surface area contributed by atoms with E-state index in [-0.39, 0.29) is 23.7 Å². The quantitative estimate of drug-likeness (QED) is 0.302. The molecule has 0 saturated carbocycles. The van der Waals surface area contributed by atoms with Gasteiger partial charge in [0.2, 0.25) is 5.91 Å². The van der Waals surface area contributed by atoms with E-state index in [1.54, 1.807) is 19.2 Å². The van der Waals surface area contributed by atoms with Crippen molar-refractivity contribution >= 4 is 11.6 Å². The van der Waals surface area contributed by atoms with Gasteiger partial charge in [-0.1, -0.05) is 25.1 Å². The Balaban J connectivity index is 1.11. The van der Waals surface area contributed by atoms with Crippen molar-refractivity contribution in [1.82, 2.24) is 10.6 Å². The monoisotopic (exact) mass is 611 g/mol. The van der Waals surface area contributed by atoms with Gasteiger partial charge in [0.25, 0.3) is 0 Å². The van der Waals surface area contributed by atoms with Crippen molar-refractivity contribution in [2.24, 2.45) is 11.8 Å². The van der Waals surface area contributed by atoms with Crippen LogP contribution in [0.4, 0.5) is 10.1 Å². The van der Waals surface area contributed by atoms with Crippen LogP contribution in [0.15, 0.2) is 42.5 Å². The van der Waals surface area contributed by atoms with Crippen molar-refractivity contribution in [3.8, 4) is 5.75 Å². The molecule has 3 aliphatic rings. The van der Waals surface area contributed by atoms with Gasteiger partial charge in [-0.15, -0.1) is 0 Å². The van der Waals surface area contributed by atoms with Crippen LogP contribution in [0.2, 0.25) is 0 Å². The average molecular weight is 612 g/mol. The highest BCUT2D eigenvalue weighted by Gasteiger charge is 2.37. The zero-order chi connectivity index (χ0) is 30.9. The molecule has 242 valence electrons. The lowest BCUT2D eigenvalue weighted by atomic mass is 9.92. The first-order valence-corrected chi connectivity index (χ1v) is 16.4. The maximum atomic E-state index is 14.1. The fraction of sp³-hybridized carbons (Fsp3) is 0.629. The first kappa shape index (κ1) is 32.7. The minimum atomic E-state index is -0.673. The first-order valence-electron chi connectivity index (χ1n) is 16.4. The largest absolute Gasteiger partial charge is 0.479 e. The predicted molar refractivity (Wildman–Crippen MR) is 169 cm³/mol. The summed E-state index contributed by atoms with van der Waals surface area (Å²) >= 11 is 0. The van der Waals surface area contributed by atoms with Crippen LogP contribution in [0.25, 0.3) is 0 Å². The molecule has 0 bridgehead atoms. The Morgan fingerprint density at radius 2 is 2.02 bits per heavy atom. The Bertz CT molecular complexity index is 1220. The van der Waals surface area contributed by atoms with Gasteiger partial charge in [-0.2, -0.15) is 0 Å². The van der Waals surface area contributed by atoms with E-state index in [0.717, 1.165) is 93.9 Å². The van der Waals surface area contributed by atoms with E-state index in [9.17, 15) is 9.18 Å². The number of fused-ring (bicyclic) bond motifs is 1. The molecule has 0 radical (unpaired) electrons. The van der Waals surface area contributed by atoms with Gasteiger partial charge in [-0.3, -0.25) is 4.79 Å². The number of carbonyl (C=O) groups excluding carboxylic acids is 1. The average Bonchev–Trinajstić information content (AvgIpc) is 3.04. The number of nitrogens with zero attached hydrogens (tertiary/aromatic N) is 1. The number of rotatable bonds is 13. The highest BCUT2D eigenvalue weighted by atomic mass is 19.1. The van der Waals surface area contributed by atoms with E-state index < -0.39 is 5.60 Å². The molecule has 3 aliphatic heterocycles. The van der Waals surface area contributed by atoms with Gasteiger partial charge < -0.3 is 34.5 Å². The van der Waals surface area contributed by atoms with E-state index in [1.807, 2.05) is 26.0 Å². The second-order valence-electron chi connectivity index (χ2n) is 13.0. The number of ether oxygens (including phenoxy) is 4. The zero-order valence-corrected chi connectivity index (χ0v) is 26.6. The molecule has 0 aliphatic carbocycles. The molecule has 2 fully saturated rings. The lowest BCUT2D eigenvalue weighted by molar-refractivity contribution is -0.125. The second kappa shape index (κ2) is 15.5. The summed E-state index contributed by atoms with van der Waals surface area (Å²) in [7, 11) is 1.72. The number of anilines is 1. The molecule has 4 atom stereocenters. The molecule has 8 nitrogen and oxygen atoms in total. The SMILES string of the molecule is COCCCN1CC(C)(c2cccc(F)c2)Oc2ccc(CO[C@@H]3CC[C@@H](C[C@@H](C)C(=O)NCC4CCOCC4)NC3)cc21. The van der Waals surface area contributed by atoms with Gasteiger partial charge in [0, 0.05) is 58.5 Å². The number of halogens is 1. The molecule has 2 aromatic carbocycles. The number of hydrogen-bond donors (Lipinski definition) is 2. The highest BCUT2D eigenvalue weighted by Crippen LogP contribution is 2.42. The lowest BCUT2D eigenvalue weighted by Crippen LogP contribution is -2.47. The number of carbonyl (C=O) groups is 1. The van der Waals surface area contributed by atoms with Gasteiger partial charge >= 0.3 is 0 Å². The van der Waals surface area contributed by atoms with Gasteiger partial charge in [0.15, 0.2) is 0 Å². The Hall–Kier alpha value is -2.72. The standard InChI is InChI=1S/C35H50FN3O5/c1-25(34(40)38-21-26-12-16-42-17-13-26)18-30-9-10-31(22-37-30)43-23-27-8-11-33-32(19-27)39(14-5-15-41-3)24-35(2,44-33)28-6-4-7-29(36)20-28/h4,6-8,11,19-20,25-26,30-31,37H,5,9-10,12-18,21-24H2,1-3H3,(H,38,40)/t25-,30+,31-,35?/m1/s1. The summed E-state index contributed by atoms with van der Waals surface area (Å²) in [5, 5.41) is 6.78. The topological polar surface area (TPSA) is 81.3 Å². The number of piperidine rings is 1. The molecular weight excluding hydrogens is 561 g/mol. The smallest absolute Gasteiger partial charge is 0.222 e. The van der Waals surface area contributed by atoms with Crippen LogP contribution in [0, 0.1) is 17.7 Å². The summed E-state index contributed by atoms with van der Waals surface area (Å²) in [6.07, 6.45) is 5.87. The molecule has 5 rings (SSSR count). The third-order valence-electron chi connectivity index (χ3n) is 9.35. The van der Waals surface area contributed by atoms with Gasteiger partial charge in [-0.05, 0) is 86.8 Å². The molecule has 2 saturated heterocycles. The molecule has 0 aromatic heterocycles. The van der Waals surface area contributed by atoms with Crippen molar-refractivity contribution in [3.63, 3.8) is 0 Å². The van der Waals surface area contributed by atoms with Crippen LogP contribution in [0.5, 0.6) is 5.75 Å². The molecule has 2 N–H and O–H groups in total. The summed E-state index contributed by atoms with van der Waals surface area (Å²) in [6, 6.07) is 13.2. The molecule has 2 aromatic rings. The van der Waals surface area contributed by atoms with Crippen LogP contribution in [-0.2, 0) is 31.2 Å². The highest BCUT2D eigenvalue weighted by molar-refractivity contribution is 5.78. The van der Waals surface area contributed by atoms with Crippen LogP contribution in [-0.4, -0.2) is 71.2 Å². The number of nitrogens with one attached hydrogen (secondary N) is 2. The molecule has 44 heavy (non-hydrogen) atoms. The van der Waals surface area contributed by atoms with Crippen molar-refractivity contribution in [3.05, 3.63) is 59.4 Å². The zero-order valence-electron chi connectivity index (χ0n) is 26.6. The van der Waals surface area contributed by atoms with Crippen LogP contribution in [0.1, 0.15) is 63.5 Å². The van der Waals surface area contributed by atoms with E-state index >= 15 is 0 Å². The molecule has 1 unspecified atom stereocenters. The van der Waals surface area contributed by atoms with Gasteiger partial charge in [0.1, 0.15) is 17.2 Å². The van der Waals surface area contributed by atoms with E-state index in [2.05, 4.69) is 27.7 Å². The Labute approximate surface area is 262 Å². The minimum absolute atomic E-state index is 0.0165. The van der Waals surface area contributed by atoms with Crippen molar-refractivity contribution in [2.75, 3.05) is 58.0 Å². The molecule has 3 heterocycles. The van der Waals surface area contributed by atoms with Crippen LogP contribution >= 0.6 is 0 Å². The third kappa shape index (κ3) is 8.71. The predicted octanol–water partition coefficient (Wildman–Crippen LogP) is 5.18. The fourth-order valence-corrected chi connectivity index (χ4v) is 6.63. The maximum Gasteiger partial charge on any atom is 0.222 e. The number of methoxy groups -OCH3 is 1. The molecular formula is C35H50FN3O5. The second-order valence-corrected chi connectivity index (χ2v) is 13.0. The van der Waals surface area contributed by atoms with Gasteiger partial charge in [0.05, 0.1) is 24.9 Å². The van der Waals surface area contributed by atoms with Crippen molar-refractivity contribution < 1.29 is 28.1 Å². The van der Waals surface area contributed by atoms with E-state index in [0.29, 0.717) is 31.7 Å².